The van der Waals surface area contributed by atoms with Gasteiger partial charge < -0.3 is 10.6 Å². The van der Waals surface area contributed by atoms with Crippen LogP contribution in [-0.4, -0.2) is 44.8 Å². The number of piperazine rings is 1. The van der Waals surface area contributed by atoms with E-state index in [-0.39, 0.29) is 16.8 Å². The molecule has 7 heteroatoms. The maximum Gasteiger partial charge on any atom is 0.251 e. The fourth-order valence-electron chi connectivity index (χ4n) is 3.92. The highest BCUT2D eigenvalue weighted by atomic mass is 32.2. The van der Waals surface area contributed by atoms with Crippen LogP contribution < -0.4 is 10.6 Å². The summed E-state index contributed by atoms with van der Waals surface area (Å²) in [6.07, 6.45) is 1.67. The average Bonchev–Trinajstić information content (AvgIpc) is 2.74. The number of aryl methyl sites for hydroxylation is 1. The predicted molar refractivity (Wildman–Crippen MR) is 108 cm³/mol. The summed E-state index contributed by atoms with van der Waals surface area (Å²) in [7, 11) is -3.72. The molecule has 0 bridgehead atoms. The Balaban J connectivity index is 1.70. The third-order valence-corrected chi connectivity index (χ3v) is 7.48. The van der Waals surface area contributed by atoms with Gasteiger partial charge in [-0.25, -0.2) is 8.42 Å². The predicted octanol–water partition coefficient (Wildman–Crippen LogP) is 1.87. The summed E-state index contributed by atoms with van der Waals surface area (Å²) in [5.74, 6) is -0.203. The number of nitrogens with zero attached hydrogens (tertiary/aromatic N) is 1. The molecule has 1 fully saturated rings. The van der Waals surface area contributed by atoms with E-state index in [2.05, 4.69) is 29.7 Å². The molecule has 0 saturated carbocycles. The van der Waals surface area contributed by atoms with Crippen LogP contribution in [0.25, 0.3) is 0 Å². The van der Waals surface area contributed by atoms with Gasteiger partial charge in [-0.05, 0) is 41.7 Å². The van der Waals surface area contributed by atoms with Crippen molar-refractivity contribution in [3.8, 4) is 0 Å². The van der Waals surface area contributed by atoms with Gasteiger partial charge in [-0.1, -0.05) is 37.3 Å². The van der Waals surface area contributed by atoms with Gasteiger partial charge in [0.2, 0.25) is 10.0 Å². The summed E-state index contributed by atoms with van der Waals surface area (Å²) in [6.45, 7) is 4.25. The number of sulfonamides is 1. The Morgan fingerprint density at radius 2 is 1.89 bits per heavy atom. The summed E-state index contributed by atoms with van der Waals surface area (Å²) >= 11 is 0. The van der Waals surface area contributed by atoms with E-state index < -0.39 is 10.0 Å². The molecule has 1 saturated heterocycles. The van der Waals surface area contributed by atoms with Crippen molar-refractivity contribution in [2.24, 2.45) is 0 Å². The summed E-state index contributed by atoms with van der Waals surface area (Å²) in [5, 5.41) is 6.09. The average molecular weight is 400 g/mol. The quantitative estimate of drug-likeness (QED) is 0.823. The zero-order chi connectivity index (χ0) is 19.7. The lowest BCUT2D eigenvalue weighted by molar-refractivity contribution is 0.0945. The largest absolute Gasteiger partial charge is 0.352 e. The van der Waals surface area contributed by atoms with Crippen LogP contribution in [0.2, 0.25) is 0 Å². The molecule has 2 aliphatic rings. The lowest BCUT2D eigenvalue weighted by atomic mass is 10.0. The minimum Gasteiger partial charge on any atom is -0.352 e. The number of fused-ring (bicyclic) bond motifs is 1. The van der Waals surface area contributed by atoms with E-state index in [1.807, 2.05) is 12.1 Å². The SMILES string of the molecule is CCc1ccc(C2CNCCN2S(=O)(=O)c2ccc3c(c2)C(=O)NCC3)cc1. The molecule has 2 aromatic rings. The van der Waals surface area contributed by atoms with Crippen LogP contribution >= 0.6 is 0 Å². The summed E-state index contributed by atoms with van der Waals surface area (Å²) in [6, 6.07) is 12.8. The Morgan fingerprint density at radius 1 is 1.11 bits per heavy atom. The third kappa shape index (κ3) is 3.45. The number of nitrogens with one attached hydrogen (secondary N) is 2. The fraction of sp³-hybridized carbons (Fsp3) is 0.381. The van der Waals surface area contributed by atoms with E-state index in [1.54, 1.807) is 16.4 Å². The Bertz CT molecular complexity index is 986. The van der Waals surface area contributed by atoms with Crippen molar-refractivity contribution in [1.82, 2.24) is 14.9 Å². The second-order valence-electron chi connectivity index (χ2n) is 7.26. The van der Waals surface area contributed by atoms with Gasteiger partial charge in [0.05, 0.1) is 10.9 Å². The second kappa shape index (κ2) is 7.66. The molecule has 0 aromatic heterocycles. The van der Waals surface area contributed by atoms with Crippen LogP contribution in [0.4, 0.5) is 0 Å². The van der Waals surface area contributed by atoms with Crippen LogP contribution in [0.1, 0.15) is 40.0 Å². The number of benzene rings is 2. The maximum absolute atomic E-state index is 13.5. The highest BCUT2D eigenvalue weighted by molar-refractivity contribution is 7.89. The molecule has 2 aliphatic heterocycles. The second-order valence-corrected chi connectivity index (χ2v) is 9.15. The molecular formula is C21H25N3O3S. The number of carbonyl (C=O) groups is 1. The van der Waals surface area contributed by atoms with Crippen molar-refractivity contribution in [3.63, 3.8) is 0 Å². The van der Waals surface area contributed by atoms with Gasteiger partial charge in [-0.3, -0.25) is 4.79 Å². The molecule has 0 spiro atoms. The van der Waals surface area contributed by atoms with Gasteiger partial charge in [0, 0.05) is 31.7 Å². The van der Waals surface area contributed by atoms with Crippen molar-refractivity contribution >= 4 is 15.9 Å². The molecule has 0 aliphatic carbocycles. The van der Waals surface area contributed by atoms with Gasteiger partial charge in [-0.15, -0.1) is 0 Å². The van der Waals surface area contributed by atoms with Crippen molar-refractivity contribution in [1.29, 1.82) is 0 Å². The number of carbonyl (C=O) groups excluding carboxylic acids is 1. The normalized spacial score (nSPS) is 20.5. The van der Waals surface area contributed by atoms with Crippen LogP contribution in [0, 0.1) is 0 Å². The molecule has 28 heavy (non-hydrogen) atoms. The molecule has 1 amide bonds. The van der Waals surface area contributed by atoms with Crippen molar-refractivity contribution in [2.75, 3.05) is 26.2 Å². The maximum atomic E-state index is 13.5. The van der Waals surface area contributed by atoms with E-state index in [0.717, 1.165) is 24.0 Å². The van der Waals surface area contributed by atoms with Crippen LogP contribution in [0.5, 0.6) is 0 Å². The minimum atomic E-state index is -3.72. The van der Waals surface area contributed by atoms with E-state index in [1.165, 1.54) is 11.6 Å². The highest BCUT2D eigenvalue weighted by Gasteiger charge is 2.35. The first kappa shape index (κ1) is 19.1. The molecule has 2 heterocycles. The molecule has 148 valence electrons. The molecule has 4 rings (SSSR count). The first-order valence-electron chi connectivity index (χ1n) is 9.73. The van der Waals surface area contributed by atoms with E-state index in [4.69, 9.17) is 0 Å². The molecule has 1 unspecified atom stereocenters. The Hall–Kier alpha value is -2.22. The van der Waals surface area contributed by atoms with Crippen molar-refractivity contribution in [3.05, 3.63) is 64.7 Å². The Morgan fingerprint density at radius 3 is 2.64 bits per heavy atom. The van der Waals surface area contributed by atoms with Crippen molar-refractivity contribution in [2.45, 2.75) is 30.7 Å². The zero-order valence-corrected chi connectivity index (χ0v) is 16.8. The van der Waals surface area contributed by atoms with Crippen LogP contribution in [-0.2, 0) is 22.9 Å². The van der Waals surface area contributed by atoms with E-state index in [0.29, 0.717) is 31.7 Å². The number of hydrogen-bond acceptors (Lipinski definition) is 4. The van der Waals surface area contributed by atoms with E-state index >= 15 is 0 Å². The zero-order valence-electron chi connectivity index (χ0n) is 15.9. The Kier molecular flexibility index (Phi) is 5.23. The highest BCUT2D eigenvalue weighted by Crippen LogP contribution is 2.30. The molecule has 2 aromatic carbocycles. The first-order chi connectivity index (χ1) is 13.5. The number of rotatable bonds is 4. The van der Waals surface area contributed by atoms with Gasteiger partial charge in [0.1, 0.15) is 0 Å². The lowest BCUT2D eigenvalue weighted by Crippen LogP contribution is -2.48. The standard InChI is InChI=1S/C21H25N3O3S/c1-2-15-3-5-17(6-4-15)20-14-22-11-12-24(20)28(26,27)18-8-7-16-9-10-23-21(25)19(16)13-18/h3-8,13,20,22H,2,9-12,14H2,1H3,(H,23,25). The van der Waals surface area contributed by atoms with Gasteiger partial charge >= 0.3 is 0 Å². The number of hydrogen-bond donors (Lipinski definition) is 2. The van der Waals surface area contributed by atoms with Gasteiger partial charge in [0.25, 0.3) is 5.91 Å². The monoisotopic (exact) mass is 399 g/mol. The van der Waals surface area contributed by atoms with Gasteiger partial charge in [-0.2, -0.15) is 4.31 Å². The van der Waals surface area contributed by atoms with Crippen LogP contribution in [0.3, 0.4) is 0 Å². The lowest BCUT2D eigenvalue weighted by Gasteiger charge is -2.35. The molecule has 6 nitrogen and oxygen atoms in total. The topological polar surface area (TPSA) is 78.5 Å². The summed E-state index contributed by atoms with van der Waals surface area (Å²) < 4.78 is 28.5. The number of amides is 1. The molecule has 1 atom stereocenters. The first-order valence-corrected chi connectivity index (χ1v) is 11.2. The minimum absolute atomic E-state index is 0.181. The summed E-state index contributed by atoms with van der Waals surface area (Å²) in [4.78, 5) is 12.3. The fourth-order valence-corrected chi connectivity index (χ4v) is 5.56. The van der Waals surface area contributed by atoms with Crippen LogP contribution in [0.15, 0.2) is 47.4 Å². The third-order valence-electron chi connectivity index (χ3n) is 5.58. The summed E-state index contributed by atoms with van der Waals surface area (Å²) in [5.41, 5.74) is 3.56. The molecule has 0 radical (unpaired) electrons. The van der Waals surface area contributed by atoms with E-state index in [9.17, 15) is 13.2 Å². The smallest absolute Gasteiger partial charge is 0.251 e. The molecule has 2 N–H and O–H groups in total. The Labute approximate surface area is 166 Å². The van der Waals surface area contributed by atoms with Gasteiger partial charge in [0.15, 0.2) is 0 Å². The van der Waals surface area contributed by atoms with Crippen molar-refractivity contribution < 1.29 is 13.2 Å². The molecular weight excluding hydrogens is 374 g/mol.